The van der Waals surface area contributed by atoms with Crippen LogP contribution in [0, 0.1) is 12.7 Å². The number of benzene rings is 1. The third kappa shape index (κ3) is 2.99. The summed E-state index contributed by atoms with van der Waals surface area (Å²) >= 11 is 11.6. The lowest BCUT2D eigenvalue weighted by molar-refractivity contribution is 0.598. The zero-order chi connectivity index (χ0) is 16.8. The summed E-state index contributed by atoms with van der Waals surface area (Å²) in [5.74, 6) is -1.26. The van der Waals surface area contributed by atoms with Crippen molar-refractivity contribution in [1.29, 1.82) is 0 Å². The van der Waals surface area contributed by atoms with Crippen molar-refractivity contribution in [2.24, 2.45) is 0 Å². The Morgan fingerprint density at radius 1 is 1.26 bits per heavy atom. The lowest BCUT2D eigenvalue weighted by atomic mass is 10.2. The van der Waals surface area contributed by atoms with Gasteiger partial charge in [-0.15, -0.1) is 0 Å². The molecule has 120 valence electrons. The van der Waals surface area contributed by atoms with E-state index in [0.29, 0.717) is 21.6 Å². The number of anilines is 1. The van der Waals surface area contributed by atoms with Gasteiger partial charge in [0, 0.05) is 22.1 Å². The molecule has 2 aromatic heterocycles. The second kappa shape index (κ2) is 5.67. The number of pyridine rings is 1. The van der Waals surface area contributed by atoms with Crippen molar-refractivity contribution in [2.75, 3.05) is 4.72 Å². The number of rotatable bonds is 3. The van der Waals surface area contributed by atoms with Crippen LogP contribution < -0.4 is 4.72 Å². The molecule has 0 aliphatic carbocycles. The van der Waals surface area contributed by atoms with Crippen LogP contribution in [-0.2, 0) is 10.0 Å². The van der Waals surface area contributed by atoms with Gasteiger partial charge in [-0.2, -0.15) is 0 Å². The van der Waals surface area contributed by atoms with Crippen molar-refractivity contribution < 1.29 is 12.8 Å². The van der Waals surface area contributed by atoms with Gasteiger partial charge < -0.3 is 4.98 Å². The predicted molar refractivity (Wildman–Crippen MR) is 88.1 cm³/mol. The van der Waals surface area contributed by atoms with Gasteiger partial charge >= 0.3 is 0 Å². The van der Waals surface area contributed by atoms with E-state index in [2.05, 4.69) is 14.7 Å². The van der Waals surface area contributed by atoms with Crippen molar-refractivity contribution in [3.63, 3.8) is 0 Å². The number of aromatic amines is 1. The molecule has 0 radical (unpaired) electrons. The Hall–Kier alpha value is -1.83. The molecule has 23 heavy (non-hydrogen) atoms. The number of hydrogen-bond acceptors (Lipinski definition) is 3. The highest BCUT2D eigenvalue weighted by Gasteiger charge is 2.22. The van der Waals surface area contributed by atoms with Crippen LogP contribution in [0.4, 0.5) is 10.2 Å². The van der Waals surface area contributed by atoms with Gasteiger partial charge in [-0.1, -0.05) is 23.2 Å². The van der Waals surface area contributed by atoms with Crippen molar-refractivity contribution >= 4 is 49.9 Å². The zero-order valence-electron chi connectivity index (χ0n) is 11.7. The lowest BCUT2D eigenvalue weighted by Crippen LogP contribution is -2.15. The van der Waals surface area contributed by atoms with Gasteiger partial charge in [0.15, 0.2) is 11.6 Å². The minimum atomic E-state index is -4.03. The van der Waals surface area contributed by atoms with E-state index in [4.69, 9.17) is 23.2 Å². The third-order valence-electron chi connectivity index (χ3n) is 3.23. The van der Waals surface area contributed by atoms with Crippen LogP contribution in [-0.4, -0.2) is 18.4 Å². The maximum absolute atomic E-state index is 13.9. The summed E-state index contributed by atoms with van der Waals surface area (Å²) in [6.45, 7) is 1.55. The van der Waals surface area contributed by atoms with Crippen molar-refractivity contribution in [3.8, 4) is 0 Å². The average molecular weight is 374 g/mol. The molecule has 0 saturated heterocycles. The normalized spacial score (nSPS) is 11.8. The van der Waals surface area contributed by atoms with E-state index in [-0.39, 0.29) is 9.92 Å². The van der Waals surface area contributed by atoms with Crippen LogP contribution in [0.1, 0.15) is 5.69 Å². The van der Waals surface area contributed by atoms with E-state index in [1.54, 1.807) is 25.1 Å². The maximum atomic E-state index is 13.9. The molecule has 0 atom stereocenters. The minimum Gasteiger partial charge on any atom is -0.360 e. The molecule has 3 rings (SSSR count). The van der Waals surface area contributed by atoms with E-state index < -0.39 is 21.7 Å². The van der Waals surface area contributed by atoms with Crippen LogP contribution in [0.2, 0.25) is 10.0 Å². The third-order valence-corrected chi connectivity index (χ3v) is 5.23. The zero-order valence-corrected chi connectivity index (χ0v) is 14.0. The van der Waals surface area contributed by atoms with Crippen molar-refractivity contribution in [3.05, 3.63) is 52.0 Å². The smallest absolute Gasteiger partial charge is 0.265 e. The molecule has 0 bridgehead atoms. The van der Waals surface area contributed by atoms with E-state index in [0.717, 1.165) is 6.07 Å². The number of hydrogen-bond donors (Lipinski definition) is 2. The summed E-state index contributed by atoms with van der Waals surface area (Å²) < 4.78 is 41.0. The Labute approximate surface area is 141 Å². The van der Waals surface area contributed by atoms with Crippen LogP contribution in [0.3, 0.4) is 0 Å². The average Bonchev–Trinajstić information content (AvgIpc) is 2.88. The van der Waals surface area contributed by atoms with E-state index in [1.807, 2.05) is 0 Å². The molecule has 2 heterocycles. The Bertz CT molecular complexity index is 1020. The molecule has 0 spiro atoms. The molecule has 5 nitrogen and oxygen atoms in total. The standard InChI is InChI=1S/C14H10Cl2FN3O2S/c1-7-10(16)5-11(17)14(19-7)20-23(21,22)13-6-18-12-4-8(15)2-3-9(12)13/h2-6,18H,1H3,(H,19,20). The number of aryl methyl sites for hydroxylation is 1. The molecule has 0 saturated carbocycles. The van der Waals surface area contributed by atoms with Crippen LogP contribution >= 0.6 is 23.2 Å². The Morgan fingerprint density at radius 3 is 2.74 bits per heavy atom. The molecule has 1 aromatic carbocycles. The van der Waals surface area contributed by atoms with Gasteiger partial charge in [0.1, 0.15) is 4.90 Å². The van der Waals surface area contributed by atoms with E-state index in [9.17, 15) is 12.8 Å². The Morgan fingerprint density at radius 2 is 2.00 bits per heavy atom. The first kappa shape index (κ1) is 16.0. The molecule has 0 aliphatic heterocycles. The molecule has 3 aromatic rings. The highest BCUT2D eigenvalue weighted by atomic mass is 35.5. The molecule has 2 N–H and O–H groups in total. The molecule has 0 fully saturated rings. The van der Waals surface area contributed by atoms with E-state index >= 15 is 0 Å². The summed E-state index contributed by atoms with van der Waals surface area (Å²) in [5, 5.41) is 1.03. The topological polar surface area (TPSA) is 74.8 Å². The summed E-state index contributed by atoms with van der Waals surface area (Å²) in [5.41, 5.74) is 0.870. The summed E-state index contributed by atoms with van der Waals surface area (Å²) in [6.07, 6.45) is 1.31. The SMILES string of the molecule is Cc1nc(NS(=O)(=O)c2c[nH]c3cc(Cl)ccc23)c(F)cc1Cl. The number of nitrogens with zero attached hydrogens (tertiary/aromatic N) is 1. The fraction of sp³-hybridized carbons (Fsp3) is 0.0714. The summed E-state index contributed by atoms with van der Waals surface area (Å²) in [7, 11) is -4.03. The summed E-state index contributed by atoms with van der Waals surface area (Å²) in [6, 6.07) is 5.75. The predicted octanol–water partition coefficient (Wildman–Crippen LogP) is 4.12. The quantitative estimate of drug-likeness (QED) is 0.724. The number of nitrogens with one attached hydrogen (secondary N) is 2. The first-order chi connectivity index (χ1) is 10.8. The Balaban J connectivity index is 2.06. The molecular formula is C14H10Cl2FN3O2S. The number of fused-ring (bicyclic) bond motifs is 1. The van der Waals surface area contributed by atoms with Crippen molar-refractivity contribution in [2.45, 2.75) is 11.8 Å². The first-order valence-electron chi connectivity index (χ1n) is 6.40. The second-order valence-corrected chi connectivity index (χ2v) is 7.33. The van der Waals surface area contributed by atoms with Gasteiger partial charge in [0.25, 0.3) is 10.0 Å². The molecule has 9 heteroatoms. The van der Waals surface area contributed by atoms with Gasteiger partial charge in [-0.3, -0.25) is 4.72 Å². The molecule has 0 aliphatic rings. The van der Waals surface area contributed by atoms with Gasteiger partial charge in [0.05, 0.1) is 10.7 Å². The fourth-order valence-electron chi connectivity index (χ4n) is 2.11. The number of aromatic nitrogens is 2. The highest BCUT2D eigenvalue weighted by molar-refractivity contribution is 7.93. The number of sulfonamides is 1. The van der Waals surface area contributed by atoms with Gasteiger partial charge in [-0.25, -0.2) is 17.8 Å². The van der Waals surface area contributed by atoms with Gasteiger partial charge in [-0.05, 0) is 31.2 Å². The largest absolute Gasteiger partial charge is 0.360 e. The Kier molecular flexibility index (Phi) is 3.95. The number of H-pyrrole nitrogens is 1. The monoisotopic (exact) mass is 373 g/mol. The van der Waals surface area contributed by atoms with Crippen LogP contribution in [0.5, 0.6) is 0 Å². The van der Waals surface area contributed by atoms with Crippen molar-refractivity contribution in [1.82, 2.24) is 9.97 Å². The fourth-order valence-corrected chi connectivity index (χ4v) is 3.61. The summed E-state index contributed by atoms with van der Waals surface area (Å²) in [4.78, 5) is 6.62. The molecular weight excluding hydrogens is 364 g/mol. The van der Waals surface area contributed by atoms with E-state index in [1.165, 1.54) is 6.20 Å². The highest BCUT2D eigenvalue weighted by Crippen LogP contribution is 2.28. The maximum Gasteiger partial charge on any atom is 0.265 e. The lowest BCUT2D eigenvalue weighted by Gasteiger charge is -2.09. The van der Waals surface area contributed by atoms with Crippen LogP contribution in [0.25, 0.3) is 10.9 Å². The second-order valence-electron chi connectivity index (χ2n) is 4.83. The number of halogens is 3. The minimum absolute atomic E-state index is 0.0297. The molecule has 0 unspecified atom stereocenters. The molecule has 0 amide bonds. The van der Waals surface area contributed by atoms with Crippen LogP contribution in [0.15, 0.2) is 35.4 Å². The van der Waals surface area contributed by atoms with Gasteiger partial charge in [0.2, 0.25) is 0 Å². The first-order valence-corrected chi connectivity index (χ1v) is 8.64.